The molecule has 1 unspecified atom stereocenters. The summed E-state index contributed by atoms with van der Waals surface area (Å²) < 4.78 is 5.95. The Morgan fingerprint density at radius 2 is 1.84 bits per heavy atom. The molecule has 1 atom stereocenters. The lowest BCUT2D eigenvalue weighted by molar-refractivity contribution is -0.130. The van der Waals surface area contributed by atoms with Gasteiger partial charge in [-0.05, 0) is 63.1 Å². The van der Waals surface area contributed by atoms with Crippen molar-refractivity contribution >= 4 is 22.8 Å². The smallest absolute Gasteiger partial charge is 0.340 e. The highest BCUT2D eigenvalue weighted by Crippen LogP contribution is 2.32. The molecule has 0 saturated heterocycles. The number of rotatable bonds is 5. The SMILES string of the molecule is Cc1ccc2nc3c(c(C(=O)OC(C(=O)NC4CC4)c4ccccc4)c2c1)CCCC3. The molecule has 5 heteroatoms. The van der Waals surface area contributed by atoms with Crippen molar-refractivity contribution in [2.75, 3.05) is 0 Å². The molecule has 1 aromatic heterocycles. The van der Waals surface area contributed by atoms with Crippen LogP contribution >= 0.6 is 0 Å². The average molecular weight is 415 g/mol. The Morgan fingerprint density at radius 1 is 1.06 bits per heavy atom. The highest BCUT2D eigenvalue weighted by Gasteiger charge is 2.32. The lowest BCUT2D eigenvalue weighted by Gasteiger charge is -2.23. The van der Waals surface area contributed by atoms with Gasteiger partial charge in [0.2, 0.25) is 6.10 Å². The number of carbonyl (C=O) groups is 2. The standard InChI is InChI=1S/C26H26N2O3/c1-16-11-14-22-20(15-16)23(19-9-5-6-10-21(19)28-22)26(30)31-24(17-7-3-2-4-8-17)25(29)27-18-12-13-18/h2-4,7-8,11,14-15,18,24H,5-6,9-10,12-13H2,1H3,(H,27,29). The summed E-state index contributed by atoms with van der Waals surface area (Å²) in [5, 5.41) is 3.79. The minimum atomic E-state index is -0.971. The minimum absolute atomic E-state index is 0.189. The molecule has 0 bridgehead atoms. The molecule has 2 aliphatic carbocycles. The van der Waals surface area contributed by atoms with Gasteiger partial charge in [0.1, 0.15) is 0 Å². The number of amides is 1. The first-order chi connectivity index (χ1) is 15.1. The topological polar surface area (TPSA) is 68.3 Å². The first-order valence-electron chi connectivity index (χ1n) is 11.1. The lowest BCUT2D eigenvalue weighted by Crippen LogP contribution is -2.34. The molecule has 0 radical (unpaired) electrons. The number of hydrogen-bond donors (Lipinski definition) is 1. The van der Waals surface area contributed by atoms with E-state index in [1.807, 2.05) is 55.5 Å². The summed E-state index contributed by atoms with van der Waals surface area (Å²) in [6.07, 6.45) is 4.75. The summed E-state index contributed by atoms with van der Waals surface area (Å²) in [6, 6.07) is 15.4. The second kappa shape index (κ2) is 8.14. The fourth-order valence-electron chi connectivity index (χ4n) is 4.34. The molecule has 0 spiro atoms. The summed E-state index contributed by atoms with van der Waals surface area (Å²) in [7, 11) is 0. The van der Waals surface area contributed by atoms with Crippen LogP contribution in [0.3, 0.4) is 0 Å². The average Bonchev–Trinajstić information content (AvgIpc) is 3.60. The van der Waals surface area contributed by atoms with Crippen LogP contribution in [0.4, 0.5) is 0 Å². The Balaban J connectivity index is 1.56. The Labute approximate surface area is 181 Å². The second-order valence-corrected chi connectivity index (χ2v) is 8.62. The maximum atomic E-state index is 13.6. The van der Waals surface area contributed by atoms with E-state index in [1.54, 1.807) is 0 Å². The van der Waals surface area contributed by atoms with Gasteiger partial charge in [-0.15, -0.1) is 0 Å². The number of aromatic nitrogens is 1. The molecule has 3 aromatic rings. The van der Waals surface area contributed by atoms with Gasteiger partial charge in [-0.25, -0.2) is 4.79 Å². The van der Waals surface area contributed by atoms with Gasteiger partial charge in [-0.1, -0.05) is 42.0 Å². The number of pyridine rings is 1. The molecule has 5 rings (SSSR count). The number of hydrogen-bond acceptors (Lipinski definition) is 4. The Kier molecular flexibility index (Phi) is 5.18. The third-order valence-corrected chi connectivity index (χ3v) is 6.11. The van der Waals surface area contributed by atoms with Crippen LogP contribution in [-0.2, 0) is 22.4 Å². The predicted molar refractivity (Wildman–Crippen MR) is 119 cm³/mol. The summed E-state index contributed by atoms with van der Waals surface area (Å²) in [6.45, 7) is 2.00. The first-order valence-corrected chi connectivity index (χ1v) is 11.1. The number of benzene rings is 2. The highest BCUT2D eigenvalue weighted by molar-refractivity contribution is 6.06. The highest BCUT2D eigenvalue weighted by atomic mass is 16.5. The monoisotopic (exact) mass is 414 g/mol. The van der Waals surface area contributed by atoms with Crippen LogP contribution < -0.4 is 5.32 Å². The number of ether oxygens (including phenoxy) is 1. The quantitative estimate of drug-likeness (QED) is 0.620. The number of nitrogens with zero attached hydrogens (tertiary/aromatic N) is 1. The largest absolute Gasteiger partial charge is 0.444 e. The zero-order valence-corrected chi connectivity index (χ0v) is 17.7. The number of fused-ring (bicyclic) bond motifs is 2. The van der Waals surface area contributed by atoms with Crippen LogP contribution in [0.15, 0.2) is 48.5 Å². The van der Waals surface area contributed by atoms with Crippen molar-refractivity contribution < 1.29 is 14.3 Å². The van der Waals surface area contributed by atoms with Crippen LogP contribution in [0, 0.1) is 6.92 Å². The molecular weight excluding hydrogens is 388 g/mol. The molecule has 158 valence electrons. The molecule has 1 saturated carbocycles. The molecule has 5 nitrogen and oxygen atoms in total. The molecular formula is C26H26N2O3. The van der Waals surface area contributed by atoms with E-state index in [1.165, 1.54) is 0 Å². The molecule has 2 aromatic carbocycles. The Hall–Kier alpha value is -3.21. The van der Waals surface area contributed by atoms with Crippen molar-refractivity contribution in [1.29, 1.82) is 0 Å². The molecule has 2 aliphatic rings. The molecule has 1 amide bonds. The van der Waals surface area contributed by atoms with Crippen molar-refractivity contribution in [3.63, 3.8) is 0 Å². The molecule has 1 N–H and O–H groups in total. The van der Waals surface area contributed by atoms with Crippen molar-refractivity contribution in [3.8, 4) is 0 Å². The zero-order chi connectivity index (χ0) is 21.4. The Morgan fingerprint density at radius 3 is 2.61 bits per heavy atom. The van der Waals surface area contributed by atoms with Crippen molar-refractivity contribution in [1.82, 2.24) is 10.3 Å². The fourth-order valence-corrected chi connectivity index (χ4v) is 4.34. The van der Waals surface area contributed by atoms with Gasteiger partial charge in [0.05, 0.1) is 11.1 Å². The van der Waals surface area contributed by atoms with Crippen LogP contribution in [-0.4, -0.2) is 22.9 Å². The van der Waals surface area contributed by atoms with Gasteiger partial charge in [-0.2, -0.15) is 0 Å². The van der Waals surface area contributed by atoms with Gasteiger partial charge >= 0.3 is 5.97 Å². The summed E-state index contributed by atoms with van der Waals surface area (Å²) in [5.74, 6) is -0.707. The van der Waals surface area contributed by atoms with Crippen molar-refractivity contribution in [3.05, 3.63) is 76.5 Å². The second-order valence-electron chi connectivity index (χ2n) is 8.62. The maximum Gasteiger partial charge on any atom is 0.340 e. The summed E-state index contributed by atoms with van der Waals surface area (Å²) in [5.41, 5.74) is 5.07. The molecule has 1 fully saturated rings. The van der Waals surface area contributed by atoms with Crippen molar-refractivity contribution in [2.24, 2.45) is 0 Å². The van der Waals surface area contributed by atoms with E-state index in [0.717, 1.165) is 66.2 Å². The van der Waals surface area contributed by atoms with Crippen LogP contribution in [0.5, 0.6) is 0 Å². The van der Waals surface area contributed by atoms with Gasteiger partial charge < -0.3 is 10.1 Å². The molecule has 31 heavy (non-hydrogen) atoms. The van der Waals surface area contributed by atoms with E-state index < -0.39 is 12.1 Å². The van der Waals surface area contributed by atoms with Gasteiger partial charge in [0, 0.05) is 22.7 Å². The van der Waals surface area contributed by atoms with E-state index in [4.69, 9.17) is 9.72 Å². The molecule has 1 heterocycles. The van der Waals surface area contributed by atoms with Crippen molar-refractivity contribution in [2.45, 2.75) is 57.6 Å². The first kappa shape index (κ1) is 19.7. The third kappa shape index (κ3) is 4.05. The van der Waals surface area contributed by atoms with Gasteiger partial charge in [-0.3, -0.25) is 9.78 Å². The van der Waals surface area contributed by atoms with E-state index in [-0.39, 0.29) is 11.9 Å². The zero-order valence-electron chi connectivity index (χ0n) is 17.7. The predicted octanol–water partition coefficient (Wildman–Crippen LogP) is 4.60. The Bertz CT molecular complexity index is 1150. The van der Waals surface area contributed by atoms with E-state index in [0.29, 0.717) is 11.1 Å². The molecule has 0 aliphatic heterocycles. The lowest BCUT2D eigenvalue weighted by atomic mass is 9.89. The van der Waals surface area contributed by atoms with Crippen LogP contribution in [0.1, 0.15) is 64.5 Å². The van der Waals surface area contributed by atoms with Gasteiger partial charge in [0.25, 0.3) is 5.91 Å². The summed E-state index contributed by atoms with van der Waals surface area (Å²) >= 11 is 0. The normalized spacial score (nSPS) is 16.4. The van der Waals surface area contributed by atoms with E-state index in [9.17, 15) is 9.59 Å². The van der Waals surface area contributed by atoms with Crippen LogP contribution in [0.2, 0.25) is 0 Å². The van der Waals surface area contributed by atoms with E-state index in [2.05, 4.69) is 5.32 Å². The number of nitrogens with one attached hydrogen (secondary N) is 1. The summed E-state index contributed by atoms with van der Waals surface area (Å²) in [4.78, 5) is 31.4. The minimum Gasteiger partial charge on any atom is -0.444 e. The third-order valence-electron chi connectivity index (χ3n) is 6.11. The fraction of sp³-hybridized carbons (Fsp3) is 0.346. The number of aryl methyl sites for hydroxylation is 2. The van der Waals surface area contributed by atoms with Crippen LogP contribution in [0.25, 0.3) is 10.9 Å². The maximum absolute atomic E-state index is 13.6. The van der Waals surface area contributed by atoms with E-state index >= 15 is 0 Å². The number of esters is 1. The van der Waals surface area contributed by atoms with Gasteiger partial charge in [0.15, 0.2) is 0 Å². The number of carbonyl (C=O) groups excluding carboxylic acids is 2.